The maximum atomic E-state index is 5.80. The Kier molecular flexibility index (Phi) is 6.97. The second-order valence-corrected chi connectivity index (χ2v) is 4.52. The van der Waals surface area contributed by atoms with Crippen molar-refractivity contribution in [2.45, 2.75) is 33.1 Å². The third kappa shape index (κ3) is 5.75. The zero-order valence-electron chi connectivity index (χ0n) is 12.1. The molecule has 106 valence electrons. The van der Waals surface area contributed by atoms with Crippen LogP contribution < -0.4 is 11.1 Å². The quantitative estimate of drug-likeness (QED) is 0.452. The first-order chi connectivity index (χ1) is 9.17. The van der Waals surface area contributed by atoms with Crippen molar-refractivity contribution in [2.75, 3.05) is 25.1 Å². The third-order valence-electron chi connectivity index (χ3n) is 3.09. The molecule has 1 rings (SSSR count). The van der Waals surface area contributed by atoms with Crippen molar-refractivity contribution in [2.24, 2.45) is 10.7 Å². The molecule has 0 heterocycles. The average Bonchev–Trinajstić information content (AvgIpc) is 2.43. The Morgan fingerprint density at radius 3 is 2.58 bits per heavy atom. The van der Waals surface area contributed by atoms with Gasteiger partial charge in [0.05, 0.1) is 13.2 Å². The maximum Gasteiger partial charge on any atom is 0.193 e. The van der Waals surface area contributed by atoms with Gasteiger partial charge in [-0.1, -0.05) is 26.0 Å². The molecular weight excluding hydrogens is 238 g/mol. The number of benzene rings is 1. The number of ether oxygens (including phenoxy) is 1. The number of rotatable bonds is 7. The Balaban J connectivity index is 2.48. The van der Waals surface area contributed by atoms with Gasteiger partial charge in [0.15, 0.2) is 5.96 Å². The lowest BCUT2D eigenvalue weighted by molar-refractivity contribution is 0.156. The minimum absolute atomic E-state index is 0.427. The second-order valence-electron chi connectivity index (χ2n) is 4.52. The van der Waals surface area contributed by atoms with E-state index >= 15 is 0 Å². The van der Waals surface area contributed by atoms with Crippen molar-refractivity contribution in [1.29, 1.82) is 0 Å². The molecule has 0 bridgehead atoms. The summed E-state index contributed by atoms with van der Waals surface area (Å²) >= 11 is 0. The van der Waals surface area contributed by atoms with Crippen molar-refractivity contribution in [3.8, 4) is 0 Å². The van der Waals surface area contributed by atoms with E-state index in [0.717, 1.165) is 12.1 Å². The summed E-state index contributed by atoms with van der Waals surface area (Å²) in [7, 11) is 0. The summed E-state index contributed by atoms with van der Waals surface area (Å²) in [6, 6.07) is 8.33. The van der Waals surface area contributed by atoms with E-state index in [0.29, 0.717) is 31.6 Å². The number of aliphatic imine (C=N–C) groups is 1. The van der Waals surface area contributed by atoms with Gasteiger partial charge in [0.1, 0.15) is 0 Å². The number of hydrogen-bond acceptors (Lipinski definition) is 2. The minimum atomic E-state index is 0.427. The second kappa shape index (κ2) is 8.53. The molecule has 3 N–H and O–H groups in total. The van der Waals surface area contributed by atoms with Crippen LogP contribution in [0.25, 0.3) is 0 Å². The van der Waals surface area contributed by atoms with Crippen LogP contribution in [0.5, 0.6) is 0 Å². The van der Waals surface area contributed by atoms with Crippen LogP contribution in [-0.2, 0) is 4.74 Å². The van der Waals surface area contributed by atoms with Gasteiger partial charge in [0.2, 0.25) is 0 Å². The molecule has 0 radical (unpaired) electrons. The predicted octanol–water partition coefficient (Wildman–Crippen LogP) is 2.96. The standard InChI is InChI=1S/C15H25N3O/c1-4-12(3)13-6-8-14(9-7-13)18-15(16)17-10-11-19-5-2/h6-9,12H,4-5,10-11H2,1-3H3,(H3,16,17,18). The van der Waals surface area contributed by atoms with Crippen LogP contribution in [0, 0.1) is 0 Å². The van der Waals surface area contributed by atoms with Crippen LogP contribution >= 0.6 is 0 Å². The Morgan fingerprint density at radius 1 is 1.32 bits per heavy atom. The van der Waals surface area contributed by atoms with E-state index in [1.165, 1.54) is 5.56 Å². The lowest BCUT2D eigenvalue weighted by Crippen LogP contribution is -2.23. The SMILES string of the molecule is CCOCCN=C(N)Nc1ccc(C(C)CC)cc1. The molecule has 0 aliphatic heterocycles. The lowest BCUT2D eigenvalue weighted by atomic mass is 9.99. The molecule has 0 fully saturated rings. The van der Waals surface area contributed by atoms with Crippen LogP contribution in [0.2, 0.25) is 0 Å². The molecule has 0 saturated carbocycles. The lowest BCUT2D eigenvalue weighted by Gasteiger charge is -2.10. The summed E-state index contributed by atoms with van der Waals surface area (Å²) in [6.45, 7) is 8.28. The van der Waals surface area contributed by atoms with Crippen LogP contribution in [0.1, 0.15) is 38.7 Å². The number of anilines is 1. The molecule has 1 unspecified atom stereocenters. The number of nitrogens with zero attached hydrogens (tertiary/aromatic N) is 1. The number of nitrogens with one attached hydrogen (secondary N) is 1. The zero-order chi connectivity index (χ0) is 14.1. The van der Waals surface area contributed by atoms with Crippen LogP contribution in [0.15, 0.2) is 29.3 Å². The van der Waals surface area contributed by atoms with E-state index in [9.17, 15) is 0 Å². The smallest absolute Gasteiger partial charge is 0.193 e. The van der Waals surface area contributed by atoms with Crippen molar-refractivity contribution in [3.05, 3.63) is 29.8 Å². The molecule has 0 amide bonds. The Hall–Kier alpha value is -1.55. The summed E-state index contributed by atoms with van der Waals surface area (Å²) in [5.74, 6) is 1.02. The Labute approximate surface area is 116 Å². The zero-order valence-corrected chi connectivity index (χ0v) is 12.1. The first kappa shape index (κ1) is 15.5. The van der Waals surface area contributed by atoms with E-state index in [1.807, 2.05) is 19.1 Å². The molecule has 0 aliphatic rings. The topological polar surface area (TPSA) is 59.6 Å². The molecule has 0 saturated heterocycles. The summed E-state index contributed by atoms with van der Waals surface area (Å²) in [4.78, 5) is 4.19. The molecule has 1 aromatic rings. The average molecular weight is 263 g/mol. The fraction of sp³-hybridized carbons (Fsp3) is 0.533. The first-order valence-electron chi connectivity index (χ1n) is 6.92. The van der Waals surface area contributed by atoms with E-state index < -0.39 is 0 Å². The number of nitrogens with two attached hydrogens (primary N) is 1. The molecule has 19 heavy (non-hydrogen) atoms. The van der Waals surface area contributed by atoms with Gasteiger partial charge in [-0.05, 0) is 37.0 Å². The first-order valence-corrected chi connectivity index (χ1v) is 6.92. The van der Waals surface area contributed by atoms with Gasteiger partial charge in [-0.2, -0.15) is 0 Å². The van der Waals surface area contributed by atoms with Crippen molar-refractivity contribution in [3.63, 3.8) is 0 Å². The highest BCUT2D eigenvalue weighted by atomic mass is 16.5. The molecule has 4 heteroatoms. The molecule has 1 atom stereocenters. The van der Waals surface area contributed by atoms with E-state index in [4.69, 9.17) is 10.5 Å². The fourth-order valence-electron chi connectivity index (χ4n) is 1.69. The van der Waals surface area contributed by atoms with Crippen LogP contribution in [0.4, 0.5) is 5.69 Å². The molecular formula is C15H25N3O. The highest BCUT2D eigenvalue weighted by Crippen LogP contribution is 2.20. The van der Waals surface area contributed by atoms with E-state index in [1.54, 1.807) is 0 Å². The molecule has 0 spiro atoms. The van der Waals surface area contributed by atoms with Gasteiger partial charge in [-0.25, -0.2) is 0 Å². The van der Waals surface area contributed by atoms with Gasteiger partial charge in [0.25, 0.3) is 0 Å². The summed E-state index contributed by atoms with van der Waals surface area (Å²) < 4.78 is 5.20. The predicted molar refractivity (Wildman–Crippen MR) is 81.8 cm³/mol. The molecule has 1 aromatic carbocycles. The molecule has 4 nitrogen and oxygen atoms in total. The summed E-state index contributed by atoms with van der Waals surface area (Å²) in [5.41, 5.74) is 8.11. The van der Waals surface area contributed by atoms with Crippen molar-refractivity contribution < 1.29 is 4.74 Å². The number of hydrogen-bond donors (Lipinski definition) is 2. The van der Waals surface area contributed by atoms with Gasteiger partial charge in [0, 0.05) is 12.3 Å². The van der Waals surface area contributed by atoms with Crippen LogP contribution in [-0.4, -0.2) is 25.7 Å². The maximum absolute atomic E-state index is 5.80. The van der Waals surface area contributed by atoms with Gasteiger partial charge in [-0.15, -0.1) is 0 Å². The Morgan fingerprint density at radius 2 is 2.00 bits per heavy atom. The van der Waals surface area contributed by atoms with Gasteiger partial charge in [-0.3, -0.25) is 4.99 Å². The third-order valence-corrected chi connectivity index (χ3v) is 3.09. The summed E-state index contributed by atoms with van der Waals surface area (Å²) in [5, 5.41) is 3.08. The van der Waals surface area contributed by atoms with E-state index in [-0.39, 0.29) is 0 Å². The fourth-order valence-corrected chi connectivity index (χ4v) is 1.69. The normalized spacial score (nSPS) is 13.3. The minimum Gasteiger partial charge on any atom is -0.380 e. The summed E-state index contributed by atoms with van der Waals surface area (Å²) in [6.07, 6.45) is 1.15. The van der Waals surface area contributed by atoms with Gasteiger partial charge < -0.3 is 15.8 Å². The largest absolute Gasteiger partial charge is 0.380 e. The number of guanidine groups is 1. The van der Waals surface area contributed by atoms with Crippen LogP contribution in [0.3, 0.4) is 0 Å². The van der Waals surface area contributed by atoms with E-state index in [2.05, 4.69) is 36.3 Å². The van der Waals surface area contributed by atoms with Crippen molar-refractivity contribution in [1.82, 2.24) is 0 Å². The molecule has 0 aliphatic carbocycles. The highest BCUT2D eigenvalue weighted by molar-refractivity contribution is 5.92. The molecule has 0 aromatic heterocycles. The monoisotopic (exact) mass is 263 g/mol. The van der Waals surface area contributed by atoms with Crippen molar-refractivity contribution >= 4 is 11.6 Å². The Bertz CT molecular complexity index is 387. The highest BCUT2D eigenvalue weighted by Gasteiger charge is 2.02. The van der Waals surface area contributed by atoms with Gasteiger partial charge >= 0.3 is 0 Å².